The Labute approximate surface area is 192 Å². The summed E-state index contributed by atoms with van der Waals surface area (Å²) in [7, 11) is -3.96. The first kappa shape index (κ1) is 25.3. The van der Waals surface area contributed by atoms with Crippen LogP contribution < -0.4 is 4.72 Å². The maximum absolute atomic E-state index is 12.5. The second-order valence-electron chi connectivity index (χ2n) is 7.76. The van der Waals surface area contributed by atoms with Crippen molar-refractivity contribution in [1.29, 1.82) is 0 Å². The van der Waals surface area contributed by atoms with Gasteiger partial charge in [-0.05, 0) is 61.6 Å². The van der Waals surface area contributed by atoms with Gasteiger partial charge in [0, 0.05) is 12.1 Å². The molecule has 0 fully saturated rings. The zero-order valence-electron chi connectivity index (χ0n) is 18.0. The van der Waals surface area contributed by atoms with Crippen molar-refractivity contribution in [2.75, 3.05) is 13.2 Å². The molecule has 0 bridgehead atoms. The Bertz CT molecular complexity index is 1130. The summed E-state index contributed by atoms with van der Waals surface area (Å²) < 4.78 is 32.6. The van der Waals surface area contributed by atoms with Crippen molar-refractivity contribution in [3.63, 3.8) is 0 Å². The topological polar surface area (TPSA) is 89.5 Å². The molecule has 0 amide bonds. The molecule has 6 nitrogen and oxygen atoms in total. The van der Waals surface area contributed by atoms with Crippen LogP contribution >= 0.6 is 23.2 Å². The first-order chi connectivity index (χ1) is 14.3. The van der Waals surface area contributed by atoms with E-state index in [1.165, 1.54) is 6.07 Å². The molecule has 0 aliphatic carbocycles. The molecule has 0 heterocycles. The van der Waals surface area contributed by atoms with Gasteiger partial charge in [0.05, 0.1) is 15.6 Å². The average Bonchev–Trinajstić information content (AvgIpc) is 2.67. The van der Waals surface area contributed by atoms with Crippen molar-refractivity contribution < 1.29 is 22.7 Å². The molecule has 1 N–H and O–H groups in total. The molecule has 0 unspecified atom stereocenters. The van der Waals surface area contributed by atoms with Gasteiger partial charge >= 0.3 is 5.97 Å². The van der Waals surface area contributed by atoms with Gasteiger partial charge in [0.25, 0.3) is 0 Å². The molecule has 0 spiro atoms. The fourth-order valence-electron chi connectivity index (χ4n) is 2.79. The second kappa shape index (κ2) is 10.1. The third kappa shape index (κ3) is 6.29. The molecule has 0 aliphatic rings. The monoisotopic (exact) mass is 485 g/mol. The van der Waals surface area contributed by atoms with Crippen LogP contribution in [0.5, 0.6) is 0 Å². The lowest BCUT2D eigenvalue weighted by atomic mass is 9.98. The summed E-state index contributed by atoms with van der Waals surface area (Å²) in [5, 5.41) is -0.202. The van der Waals surface area contributed by atoms with Crippen molar-refractivity contribution in [1.82, 2.24) is 4.72 Å². The Morgan fingerprint density at radius 1 is 0.935 bits per heavy atom. The number of halogens is 2. The summed E-state index contributed by atoms with van der Waals surface area (Å²) in [5.41, 5.74) is 3.04. The van der Waals surface area contributed by atoms with Gasteiger partial charge in [-0.3, -0.25) is 4.79 Å². The van der Waals surface area contributed by atoms with E-state index in [4.69, 9.17) is 27.9 Å². The van der Waals surface area contributed by atoms with Gasteiger partial charge in [0.1, 0.15) is 4.90 Å². The van der Waals surface area contributed by atoms with Crippen LogP contribution in [-0.2, 0) is 14.8 Å². The number of rotatable bonds is 8. The first-order valence-electron chi connectivity index (χ1n) is 9.60. The normalized spacial score (nSPS) is 11.6. The number of ether oxygens (including phenoxy) is 1. The largest absolute Gasteiger partial charge is 0.454 e. The van der Waals surface area contributed by atoms with Crippen LogP contribution in [0.3, 0.4) is 0 Å². The zero-order valence-corrected chi connectivity index (χ0v) is 20.3. The molecule has 168 valence electrons. The third-order valence-electron chi connectivity index (χ3n) is 4.69. The number of ketones is 1. The minimum atomic E-state index is -3.96. The molecule has 0 aliphatic heterocycles. The zero-order chi connectivity index (χ0) is 23.5. The molecule has 0 atom stereocenters. The van der Waals surface area contributed by atoms with Gasteiger partial charge in [-0.2, -0.15) is 0 Å². The predicted molar refractivity (Wildman–Crippen MR) is 122 cm³/mol. The highest BCUT2D eigenvalue weighted by atomic mass is 35.5. The summed E-state index contributed by atoms with van der Waals surface area (Å²) in [6.07, 6.45) is 0. The summed E-state index contributed by atoms with van der Waals surface area (Å²) >= 11 is 12.1. The number of carbonyl (C=O) groups excluding carboxylic acids is 2. The number of carbonyl (C=O) groups is 2. The number of aryl methyl sites for hydroxylation is 3. The predicted octanol–water partition coefficient (Wildman–Crippen LogP) is 4.89. The lowest BCUT2D eigenvalue weighted by Gasteiger charge is -2.13. The van der Waals surface area contributed by atoms with Crippen LogP contribution in [0.4, 0.5) is 0 Å². The van der Waals surface area contributed by atoms with Gasteiger partial charge in [0.15, 0.2) is 6.61 Å². The van der Waals surface area contributed by atoms with Crippen molar-refractivity contribution >= 4 is 45.0 Å². The number of hydrogen-bond acceptors (Lipinski definition) is 5. The van der Waals surface area contributed by atoms with E-state index < -0.39 is 22.6 Å². The van der Waals surface area contributed by atoms with Gasteiger partial charge in [-0.1, -0.05) is 43.1 Å². The van der Waals surface area contributed by atoms with Crippen LogP contribution in [0.1, 0.15) is 51.3 Å². The number of hydrogen-bond donors (Lipinski definition) is 1. The molecule has 0 saturated heterocycles. The quantitative estimate of drug-likeness (QED) is 0.424. The minimum Gasteiger partial charge on any atom is -0.454 e. The van der Waals surface area contributed by atoms with E-state index in [0.29, 0.717) is 5.56 Å². The number of benzene rings is 2. The third-order valence-corrected chi connectivity index (χ3v) is 6.89. The lowest BCUT2D eigenvalue weighted by Crippen LogP contribution is -2.28. The van der Waals surface area contributed by atoms with E-state index in [0.717, 1.165) is 22.8 Å². The number of esters is 1. The Balaban J connectivity index is 2.24. The van der Waals surface area contributed by atoms with Gasteiger partial charge < -0.3 is 4.74 Å². The van der Waals surface area contributed by atoms with Crippen molar-refractivity contribution in [3.05, 3.63) is 62.1 Å². The standard InChI is InChI=1S/C22H25Cl2NO5S/c1-12(2)10-25-31(28,29)21-8-17(18(23)9-19(21)24)22(27)30-11-20(26)16-7-14(4)13(3)6-15(16)5/h6-9,12,25H,10-11H2,1-5H3. The van der Waals surface area contributed by atoms with Crippen LogP contribution in [0, 0.1) is 26.7 Å². The van der Waals surface area contributed by atoms with E-state index >= 15 is 0 Å². The smallest absolute Gasteiger partial charge is 0.340 e. The molecule has 2 aromatic rings. The maximum Gasteiger partial charge on any atom is 0.340 e. The fraction of sp³-hybridized carbons (Fsp3) is 0.364. The average molecular weight is 486 g/mol. The Morgan fingerprint density at radius 3 is 2.16 bits per heavy atom. The molecule has 2 aromatic carbocycles. The van der Waals surface area contributed by atoms with Gasteiger partial charge in [0.2, 0.25) is 15.8 Å². The van der Waals surface area contributed by atoms with Crippen LogP contribution in [0.15, 0.2) is 29.2 Å². The van der Waals surface area contributed by atoms with Crippen LogP contribution in [0.25, 0.3) is 0 Å². The molecule has 0 aromatic heterocycles. The molecular formula is C22H25Cl2NO5S. The van der Waals surface area contributed by atoms with Gasteiger partial charge in [-0.25, -0.2) is 17.9 Å². The molecule has 0 radical (unpaired) electrons. The van der Waals surface area contributed by atoms with Gasteiger partial charge in [-0.15, -0.1) is 0 Å². The first-order valence-corrected chi connectivity index (χ1v) is 11.8. The highest BCUT2D eigenvalue weighted by Gasteiger charge is 2.24. The van der Waals surface area contributed by atoms with E-state index in [9.17, 15) is 18.0 Å². The molecule has 31 heavy (non-hydrogen) atoms. The van der Waals surface area contributed by atoms with E-state index in [1.807, 2.05) is 33.8 Å². The summed E-state index contributed by atoms with van der Waals surface area (Å²) in [6, 6.07) is 5.86. The number of nitrogens with one attached hydrogen (secondary N) is 1. The van der Waals surface area contributed by atoms with Crippen LogP contribution in [-0.4, -0.2) is 33.3 Å². The van der Waals surface area contributed by atoms with Crippen molar-refractivity contribution in [2.45, 2.75) is 39.5 Å². The molecule has 9 heteroatoms. The highest BCUT2D eigenvalue weighted by molar-refractivity contribution is 7.89. The van der Waals surface area contributed by atoms with Crippen LogP contribution in [0.2, 0.25) is 10.0 Å². The van der Waals surface area contributed by atoms with E-state index in [1.54, 1.807) is 13.0 Å². The Kier molecular flexibility index (Phi) is 8.27. The number of Topliss-reactive ketones (excluding diaryl/α,β-unsaturated/α-hetero) is 1. The minimum absolute atomic E-state index is 0.0742. The fourth-order valence-corrected chi connectivity index (χ4v) is 4.86. The lowest BCUT2D eigenvalue weighted by molar-refractivity contribution is 0.0474. The summed E-state index contributed by atoms with van der Waals surface area (Å²) in [6.45, 7) is 9.03. The summed E-state index contributed by atoms with van der Waals surface area (Å²) in [5.74, 6) is -1.22. The molecule has 0 saturated carbocycles. The number of sulfonamides is 1. The maximum atomic E-state index is 12.5. The van der Waals surface area contributed by atoms with Crippen molar-refractivity contribution in [2.24, 2.45) is 5.92 Å². The van der Waals surface area contributed by atoms with Crippen molar-refractivity contribution in [3.8, 4) is 0 Å². The Hall–Kier alpha value is -1.93. The highest BCUT2D eigenvalue weighted by Crippen LogP contribution is 2.29. The van der Waals surface area contributed by atoms with E-state index in [-0.39, 0.29) is 38.8 Å². The SMILES string of the molecule is Cc1cc(C)c(C(=O)COC(=O)c2cc(S(=O)(=O)NCC(C)C)c(Cl)cc2Cl)cc1C. The molecule has 2 rings (SSSR count). The second-order valence-corrected chi connectivity index (χ2v) is 10.3. The Morgan fingerprint density at radius 2 is 1.55 bits per heavy atom. The summed E-state index contributed by atoms with van der Waals surface area (Å²) in [4.78, 5) is 24.8. The molecular weight excluding hydrogens is 461 g/mol. The van der Waals surface area contributed by atoms with E-state index in [2.05, 4.69) is 4.72 Å².